The summed E-state index contributed by atoms with van der Waals surface area (Å²) in [5.41, 5.74) is 0. The van der Waals surface area contributed by atoms with Crippen molar-refractivity contribution >= 4 is 21.4 Å². The van der Waals surface area contributed by atoms with Gasteiger partial charge in [0.2, 0.25) is 0 Å². The number of hydrogen-bond donors (Lipinski definition) is 2. The minimum absolute atomic E-state index is 0.240. The van der Waals surface area contributed by atoms with Crippen molar-refractivity contribution in [3.05, 3.63) is 17.0 Å². The second kappa shape index (κ2) is 7.19. The molecule has 1 fully saturated rings. The zero-order valence-electron chi connectivity index (χ0n) is 12.9. The molecule has 1 aliphatic rings. The molecular weight excluding hydrogens is 306 g/mol. The number of hydrazine groups is 1. The number of sulfonamides is 1. The molecule has 1 aliphatic heterocycles. The fourth-order valence-electron chi connectivity index (χ4n) is 2.63. The quantitative estimate of drug-likeness (QED) is 0.840. The molecule has 21 heavy (non-hydrogen) atoms. The van der Waals surface area contributed by atoms with E-state index in [4.69, 9.17) is 0 Å². The van der Waals surface area contributed by atoms with Gasteiger partial charge in [0.1, 0.15) is 4.21 Å². The first-order chi connectivity index (χ1) is 9.94. The number of thiophene rings is 1. The second-order valence-corrected chi connectivity index (χ2v) is 8.69. The van der Waals surface area contributed by atoms with Gasteiger partial charge in [0.05, 0.1) is 0 Å². The average molecular weight is 332 g/mol. The molecular formula is C14H25N3O2S2. The van der Waals surface area contributed by atoms with E-state index in [0.29, 0.717) is 10.8 Å². The molecule has 1 aromatic rings. The molecule has 2 unspecified atom stereocenters. The third-order valence-electron chi connectivity index (χ3n) is 3.87. The van der Waals surface area contributed by atoms with Crippen molar-refractivity contribution in [3.8, 4) is 0 Å². The van der Waals surface area contributed by atoms with Crippen molar-refractivity contribution in [3.63, 3.8) is 0 Å². The van der Waals surface area contributed by atoms with Gasteiger partial charge in [-0.2, -0.15) is 0 Å². The van der Waals surface area contributed by atoms with Gasteiger partial charge in [-0.25, -0.2) is 13.4 Å². The summed E-state index contributed by atoms with van der Waals surface area (Å²) in [6.45, 7) is 7.77. The molecule has 1 saturated heterocycles. The van der Waals surface area contributed by atoms with Crippen molar-refractivity contribution in [2.75, 3.05) is 6.54 Å². The molecule has 2 atom stereocenters. The van der Waals surface area contributed by atoms with Crippen molar-refractivity contribution in [1.29, 1.82) is 0 Å². The average Bonchev–Trinajstić information content (AvgIpc) is 2.90. The molecule has 2 N–H and O–H groups in total. The van der Waals surface area contributed by atoms with Crippen LogP contribution in [0.1, 0.15) is 44.9 Å². The molecule has 5 nitrogen and oxygen atoms in total. The molecule has 0 radical (unpaired) electrons. The molecule has 0 spiro atoms. The van der Waals surface area contributed by atoms with E-state index in [-0.39, 0.29) is 12.1 Å². The number of rotatable bonds is 6. The number of hydrogen-bond acceptors (Lipinski definition) is 5. The van der Waals surface area contributed by atoms with Crippen LogP contribution in [0.4, 0.5) is 0 Å². The van der Waals surface area contributed by atoms with E-state index < -0.39 is 10.0 Å². The zero-order valence-corrected chi connectivity index (χ0v) is 14.6. The highest BCUT2D eigenvalue weighted by Crippen LogP contribution is 2.25. The zero-order chi connectivity index (χ0) is 15.5. The van der Waals surface area contributed by atoms with Gasteiger partial charge in [-0.3, -0.25) is 0 Å². The topological polar surface area (TPSA) is 61.4 Å². The van der Waals surface area contributed by atoms with Crippen LogP contribution in [-0.4, -0.2) is 32.1 Å². The van der Waals surface area contributed by atoms with E-state index in [2.05, 4.69) is 24.0 Å². The van der Waals surface area contributed by atoms with E-state index >= 15 is 0 Å². The van der Waals surface area contributed by atoms with Crippen molar-refractivity contribution in [2.45, 2.75) is 62.9 Å². The lowest BCUT2D eigenvalue weighted by atomic mass is 10.0. The smallest absolute Gasteiger partial charge is 0.262 e. The Morgan fingerprint density at radius 2 is 1.95 bits per heavy atom. The van der Waals surface area contributed by atoms with Crippen LogP contribution in [0.15, 0.2) is 16.3 Å². The molecule has 2 rings (SSSR count). The molecule has 0 bridgehead atoms. The van der Waals surface area contributed by atoms with Crippen LogP contribution in [0, 0.1) is 0 Å². The van der Waals surface area contributed by atoms with Crippen LogP contribution in [0.3, 0.4) is 0 Å². The highest BCUT2D eigenvalue weighted by atomic mass is 32.2. The fourth-order valence-corrected chi connectivity index (χ4v) is 5.18. The Balaban J connectivity index is 2.08. The maximum Gasteiger partial charge on any atom is 0.262 e. The Morgan fingerprint density at radius 3 is 2.57 bits per heavy atom. The minimum Gasteiger partial charge on any atom is -0.312 e. The third-order valence-corrected chi connectivity index (χ3v) is 6.78. The largest absolute Gasteiger partial charge is 0.312 e. The highest BCUT2D eigenvalue weighted by molar-refractivity contribution is 7.91. The van der Waals surface area contributed by atoms with Gasteiger partial charge in [-0.05, 0) is 45.4 Å². The van der Waals surface area contributed by atoms with Gasteiger partial charge in [0.15, 0.2) is 0 Å². The van der Waals surface area contributed by atoms with Gasteiger partial charge in [-0.1, -0.05) is 13.3 Å². The lowest BCUT2D eigenvalue weighted by molar-refractivity contribution is 0.0791. The Bertz CT molecular complexity index is 546. The van der Waals surface area contributed by atoms with Gasteiger partial charge >= 0.3 is 0 Å². The van der Waals surface area contributed by atoms with Crippen LogP contribution in [-0.2, 0) is 16.6 Å². The van der Waals surface area contributed by atoms with Gasteiger partial charge in [0, 0.05) is 23.5 Å². The molecule has 0 aromatic carbocycles. The maximum atomic E-state index is 12.5. The number of nitrogens with zero attached hydrogens (tertiary/aromatic N) is 1. The predicted molar refractivity (Wildman–Crippen MR) is 86.6 cm³/mol. The molecule has 1 aromatic heterocycles. The second-order valence-electron chi connectivity index (χ2n) is 5.63. The SMILES string of the molecule is CCNCc1ccc(S(=O)(=O)NN2C(C)CCCC2C)s1. The summed E-state index contributed by atoms with van der Waals surface area (Å²) in [5, 5.41) is 5.10. The predicted octanol–water partition coefficient (Wildman–Crippen LogP) is 2.31. The van der Waals surface area contributed by atoms with Crippen LogP contribution >= 0.6 is 11.3 Å². The standard InChI is InChI=1S/C14H25N3O2S2/c1-4-15-10-13-8-9-14(20-13)21(18,19)16-17-11(2)6-5-7-12(17)3/h8-9,11-12,15-16H,4-7,10H2,1-3H3. The van der Waals surface area contributed by atoms with Crippen molar-refractivity contribution in [1.82, 2.24) is 15.2 Å². The van der Waals surface area contributed by atoms with Crippen LogP contribution in [0.25, 0.3) is 0 Å². The van der Waals surface area contributed by atoms with E-state index in [9.17, 15) is 8.42 Å². The summed E-state index contributed by atoms with van der Waals surface area (Å²) in [7, 11) is -3.46. The number of piperidine rings is 1. The monoisotopic (exact) mass is 331 g/mol. The van der Waals surface area contributed by atoms with Crippen molar-refractivity contribution in [2.24, 2.45) is 0 Å². The van der Waals surface area contributed by atoms with Gasteiger partial charge in [0.25, 0.3) is 10.0 Å². The normalized spacial score (nSPS) is 24.3. The van der Waals surface area contributed by atoms with E-state index in [1.807, 2.05) is 18.0 Å². The molecule has 7 heteroatoms. The summed E-state index contributed by atoms with van der Waals surface area (Å²) in [4.78, 5) is 3.81. The first kappa shape index (κ1) is 16.9. The van der Waals surface area contributed by atoms with Gasteiger partial charge < -0.3 is 5.32 Å². The Hall–Kier alpha value is -0.470. The van der Waals surface area contributed by atoms with Crippen LogP contribution in [0.2, 0.25) is 0 Å². The summed E-state index contributed by atoms with van der Waals surface area (Å²) >= 11 is 1.33. The van der Waals surface area contributed by atoms with E-state index in [1.54, 1.807) is 6.07 Å². The van der Waals surface area contributed by atoms with E-state index in [1.165, 1.54) is 11.3 Å². The molecule has 0 aliphatic carbocycles. The minimum atomic E-state index is -3.46. The fraction of sp³-hybridized carbons (Fsp3) is 0.714. The lowest BCUT2D eigenvalue weighted by Crippen LogP contribution is -2.53. The Labute approximate surface area is 131 Å². The Kier molecular flexibility index (Phi) is 5.79. The Morgan fingerprint density at radius 1 is 1.29 bits per heavy atom. The third kappa shape index (κ3) is 4.26. The highest BCUT2D eigenvalue weighted by Gasteiger charge is 2.29. The first-order valence-corrected chi connectivity index (χ1v) is 9.84. The van der Waals surface area contributed by atoms with E-state index in [0.717, 1.165) is 30.7 Å². The van der Waals surface area contributed by atoms with Crippen LogP contribution < -0.4 is 10.1 Å². The summed E-state index contributed by atoms with van der Waals surface area (Å²) in [5.74, 6) is 0. The molecule has 2 heterocycles. The van der Waals surface area contributed by atoms with Crippen molar-refractivity contribution < 1.29 is 8.42 Å². The lowest BCUT2D eigenvalue weighted by Gasteiger charge is -2.38. The first-order valence-electron chi connectivity index (χ1n) is 7.54. The molecule has 0 saturated carbocycles. The summed E-state index contributed by atoms with van der Waals surface area (Å²) < 4.78 is 25.4. The van der Waals surface area contributed by atoms with Crippen LogP contribution in [0.5, 0.6) is 0 Å². The molecule has 0 amide bonds. The molecule has 120 valence electrons. The summed E-state index contributed by atoms with van der Waals surface area (Å²) in [6, 6.07) is 4.05. The maximum absolute atomic E-state index is 12.5. The summed E-state index contributed by atoms with van der Waals surface area (Å²) in [6.07, 6.45) is 3.22. The van der Waals surface area contributed by atoms with Gasteiger partial charge in [-0.15, -0.1) is 16.2 Å². The number of nitrogens with one attached hydrogen (secondary N) is 2.